The van der Waals surface area contributed by atoms with Crippen LogP contribution in [0.3, 0.4) is 0 Å². The van der Waals surface area contributed by atoms with E-state index in [9.17, 15) is 19.2 Å². The van der Waals surface area contributed by atoms with E-state index in [0.29, 0.717) is 67.5 Å². The number of anilines is 1. The number of carbonyl (C=O) groups is 2. The first-order valence-electron chi connectivity index (χ1n) is 23.0. The fraction of sp³-hybridized carbons (Fsp3) is 0.286. The van der Waals surface area contributed by atoms with E-state index in [1.165, 1.54) is 24.3 Å². The number of halogens is 6. The Morgan fingerprint density at radius 1 is 0.514 bits per heavy atom. The lowest BCUT2D eigenvalue weighted by Gasteiger charge is -2.38. The first-order chi connectivity index (χ1) is 33.8. The van der Waals surface area contributed by atoms with Crippen LogP contribution in [0.15, 0.2) is 115 Å². The van der Waals surface area contributed by atoms with E-state index in [4.69, 9.17) is 18.3 Å². The van der Waals surface area contributed by atoms with Gasteiger partial charge in [-0.2, -0.15) is 26.3 Å². The van der Waals surface area contributed by atoms with Gasteiger partial charge in [-0.05, 0) is 155 Å². The highest BCUT2D eigenvalue weighted by atomic mass is 19.4. The molecule has 3 heterocycles. The minimum atomic E-state index is -6.00. The number of nitrogens with zero attached hydrogens (tertiary/aromatic N) is 2. The number of methoxy groups -OCH3 is 2. The minimum Gasteiger partial charge on any atom is -0.493 e. The van der Waals surface area contributed by atoms with E-state index < -0.39 is 57.2 Å². The number of imide groups is 1. The fourth-order valence-corrected chi connectivity index (χ4v) is 12.1. The van der Waals surface area contributed by atoms with Crippen molar-refractivity contribution in [3.8, 4) is 17.2 Å². The van der Waals surface area contributed by atoms with Crippen LogP contribution in [0.4, 0.5) is 32.0 Å². The molecule has 8 aromatic rings. The molecule has 1 unspecified atom stereocenters. The molecule has 16 heteroatoms. The molecule has 11 rings (SSSR count). The summed E-state index contributed by atoms with van der Waals surface area (Å²) in [5.74, 6) is -0.311. The molecule has 2 aromatic heterocycles. The van der Waals surface area contributed by atoms with E-state index in [1.807, 2.05) is 18.2 Å². The average Bonchev–Trinajstić information content (AvgIpc) is 3.88. The Morgan fingerprint density at radius 2 is 0.889 bits per heavy atom. The van der Waals surface area contributed by atoms with Crippen LogP contribution < -0.4 is 25.5 Å². The van der Waals surface area contributed by atoms with E-state index in [0.717, 1.165) is 59.4 Å². The van der Waals surface area contributed by atoms with Gasteiger partial charge in [-0.3, -0.25) is 19.2 Å². The standard InChI is InChI=1S/C56H44F6N2O8/c1-27-17-33-34(18-28(27)2)48(66)63(47(33)65)31-13-9-29(10-14-31)54(55(57,58)59,56(60,61)62)30-11-15-32(16-12-30)64-49(67)35-19-43-44(20-36(35)50(64)68)72-46-24-40-38(22-45(46)71-43)52(5,6)26-53(40)25-51(3,4)37-21-41(69-7)42(70-8)23-39(37)53/h9-24H,25-26H2,1-8H3. The zero-order valence-electron chi connectivity index (χ0n) is 40.1. The summed E-state index contributed by atoms with van der Waals surface area (Å²) in [7, 11) is 3.20. The predicted molar refractivity (Wildman–Crippen MR) is 257 cm³/mol. The number of benzene rings is 6. The number of ether oxygens (including phenoxy) is 2. The molecular weight excluding hydrogens is 943 g/mol. The third kappa shape index (κ3) is 6.22. The van der Waals surface area contributed by atoms with Gasteiger partial charge in [-0.25, -0.2) is 9.47 Å². The van der Waals surface area contributed by atoms with Crippen molar-refractivity contribution in [3.63, 3.8) is 0 Å². The first-order valence-corrected chi connectivity index (χ1v) is 23.0. The number of aryl methyl sites for hydroxylation is 2. The van der Waals surface area contributed by atoms with Gasteiger partial charge >= 0.3 is 12.4 Å². The normalized spacial score (nSPS) is 18.2. The SMILES string of the molecule is COc1cc2c(cc1OC)C1(CC2(C)C)CC(C)(C)c2cc3oc4cc5c(=O)n(-c6ccc(C(c7ccc(N8C(=O)c9cc(C)c(C)cc9C8=O)cc7)(C(F)(F)F)C(F)(F)F)cc6)c(=O)c5cc4oc3cc21. The molecule has 2 amide bonds. The number of carbonyl (C=O) groups excluding carboxylic acids is 2. The molecule has 0 bridgehead atoms. The van der Waals surface area contributed by atoms with Crippen molar-refractivity contribution in [1.29, 1.82) is 0 Å². The summed E-state index contributed by atoms with van der Waals surface area (Å²) in [4.78, 5) is 55.5. The summed E-state index contributed by atoms with van der Waals surface area (Å²) in [5.41, 5.74) is -3.63. The minimum absolute atomic E-state index is 0.0572. The Hall–Kier alpha value is -7.62. The summed E-state index contributed by atoms with van der Waals surface area (Å²) < 4.78 is 117. The van der Waals surface area contributed by atoms with Crippen molar-refractivity contribution in [1.82, 2.24) is 4.57 Å². The van der Waals surface area contributed by atoms with Gasteiger partial charge in [0.25, 0.3) is 22.9 Å². The van der Waals surface area contributed by atoms with E-state index in [-0.39, 0.29) is 55.3 Å². The average molecular weight is 987 g/mol. The van der Waals surface area contributed by atoms with Gasteiger partial charge in [0.1, 0.15) is 0 Å². The Bertz CT molecular complexity index is 3770. The van der Waals surface area contributed by atoms with Crippen molar-refractivity contribution >= 4 is 50.6 Å². The van der Waals surface area contributed by atoms with Crippen molar-refractivity contribution in [2.24, 2.45) is 0 Å². The molecule has 10 nitrogen and oxygen atoms in total. The third-order valence-corrected chi connectivity index (χ3v) is 15.4. The number of rotatable bonds is 6. The molecule has 0 fully saturated rings. The number of alkyl halides is 6. The zero-order valence-corrected chi connectivity index (χ0v) is 40.1. The topological polar surface area (TPSA) is 121 Å². The van der Waals surface area contributed by atoms with Crippen LogP contribution in [0.2, 0.25) is 0 Å². The summed E-state index contributed by atoms with van der Waals surface area (Å²) >= 11 is 0. The highest BCUT2D eigenvalue weighted by Crippen LogP contribution is 2.64. The maximum atomic E-state index is 15.3. The van der Waals surface area contributed by atoms with Gasteiger partial charge in [0.05, 0.1) is 47.5 Å². The van der Waals surface area contributed by atoms with Crippen molar-refractivity contribution in [2.45, 2.75) is 88.4 Å². The zero-order chi connectivity index (χ0) is 51.6. The lowest BCUT2D eigenvalue weighted by molar-refractivity contribution is -0.288. The van der Waals surface area contributed by atoms with Crippen LogP contribution in [0.1, 0.15) is 106 Å². The molecule has 368 valence electrons. The smallest absolute Gasteiger partial charge is 0.411 e. The van der Waals surface area contributed by atoms with Gasteiger partial charge in [0.15, 0.2) is 33.8 Å². The Morgan fingerprint density at radius 3 is 1.32 bits per heavy atom. The van der Waals surface area contributed by atoms with Crippen molar-refractivity contribution in [2.75, 3.05) is 19.1 Å². The molecule has 6 aromatic carbocycles. The monoisotopic (exact) mass is 986 g/mol. The third-order valence-electron chi connectivity index (χ3n) is 15.4. The highest BCUT2D eigenvalue weighted by Gasteiger charge is 2.72. The van der Waals surface area contributed by atoms with E-state index >= 15 is 26.3 Å². The van der Waals surface area contributed by atoms with Gasteiger partial charge in [0, 0.05) is 5.41 Å². The highest BCUT2D eigenvalue weighted by molar-refractivity contribution is 6.34. The second-order valence-electron chi connectivity index (χ2n) is 20.6. The number of amides is 2. The maximum Gasteiger partial charge on any atom is 0.411 e. The van der Waals surface area contributed by atoms with Crippen LogP contribution in [0.25, 0.3) is 38.8 Å². The molecule has 0 radical (unpaired) electrons. The van der Waals surface area contributed by atoms with Crippen molar-refractivity contribution < 1.29 is 54.2 Å². The van der Waals surface area contributed by atoms with Gasteiger partial charge in [0.2, 0.25) is 5.41 Å². The molecule has 0 saturated heterocycles. The van der Waals surface area contributed by atoms with E-state index in [1.54, 1.807) is 28.1 Å². The second-order valence-corrected chi connectivity index (χ2v) is 20.6. The first kappa shape index (κ1) is 46.7. The van der Waals surface area contributed by atoms with Crippen molar-refractivity contribution in [3.05, 3.63) is 173 Å². The number of aromatic nitrogens is 1. The molecule has 1 atom stereocenters. The van der Waals surface area contributed by atoms with E-state index in [2.05, 4.69) is 33.8 Å². The van der Waals surface area contributed by atoms with Crippen LogP contribution in [0, 0.1) is 13.8 Å². The number of fused-ring (bicyclic) bond motifs is 8. The summed E-state index contributed by atoms with van der Waals surface area (Å²) in [6, 6.07) is 19.4. The van der Waals surface area contributed by atoms with Crippen LogP contribution in [-0.4, -0.2) is 43.0 Å². The maximum absolute atomic E-state index is 15.3. The molecule has 1 spiro atoms. The quantitative estimate of drug-likeness (QED) is 0.0917. The van der Waals surface area contributed by atoms with Crippen LogP contribution in [0.5, 0.6) is 11.5 Å². The largest absolute Gasteiger partial charge is 0.493 e. The Labute approximate surface area is 406 Å². The van der Waals surface area contributed by atoms with Gasteiger partial charge in [-0.15, -0.1) is 0 Å². The van der Waals surface area contributed by atoms with Crippen LogP contribution >= 0.6 is 0 Å². The molecule has 0 N–H and O–H groups in total. The number of hydrogen-bond donors (Lipinski definition) is 0. The molecular formula is C56H44F6N2O8. The molecule has 3 aliphatic rings. The molecule has 0 saturated carbocycles. The van der Waals surface area contributed by atoms with Crippen LogP contribution in [-0.2, 0) is 21.7 Å². The van der Waals surface area contributed by atoms with Gasteiger partial charge < -0.3 is 18.3 Å². The Balaban J connectivity index is 0.981. The second kappa shape index (κ2) is 15.0. The number of hydrogen-bond acceptors (Lipinski definition) is 8. The summed E-state index contributed by atoms with van der Waals surface area (Å²) in [5, 5.41) is -0.239. The fourth-order valence-electron chi connectivity index (χ4n) is 12.1. The predicted octanol–water partition coefficient (Wildman–Crippen LogP) is 12.3. The van der Waals surface area contributed by atoms with Gasteiger partial charge in [-0.1, -0.05) is 52.0 Å². The lowest BCUT2D eigenvalue weighted by atomic mass is 9.72. The molecule has 72 heavy (non-hydrogen) atoms. The molecule has 2 aliphatic carbocycles. The Kier molecular flexibility index (Phi) is 9.72. The summed E-state index contributed by atoms with van der Waals surface area (Å²) in [6.45, 7) is 12.2. The summed E-state index contributed by atoms with van der Waals surface area (Å²) in [6.07, 6.45) is -10.4. The molecule has 1 aliphatic heterocycles. The lowest BCUT2D eigenvalue weighted by Crippen LogP contribution is -2.54.